The van der Waals surface area contributed by atoms with E-state index >= 15 is 0 Å². The second-order valence-electron chi connectivity index (χ2n) is 3.52. The first-order chi connectivity index (χ1) is 8.78. The number of rotatable bonds is 4. The molecule has 2 aromatic rings. The Hall–Kier alpha value is -2.40. The summed E-state index contributed by atoms with van der Waals surface area (Å²) in [6, 6.07) is 10.4. The lowest BCUT2D eigenvalue weighted by Crippen LogP contribution is -2.15. The number of pyridine rings is 1. The summed E-state index contributed by atoms with van der Waals surface area (Å²) in [6.07, 6.45) is 3.26. The maximum absolute atomic E-state index is 11.0. The fourth-order valence-corrected chi connectivity index (χ4v) is 1.38. The lowest BCUT2D eigenvalue weighted by molar-refractivity contribution is -0.118. The summed E-state index contributed by atoms with van der Waals surface area (Å²) in [6.45, 7) is -0.546. The van der Waals surface area contributed by atoms with Gasteiger partial charge in [0.1, 0.15) is 18.1 Å². The van der Waals surface area contributed by atoms with E-state index in [1.54, 1.807) is 48.8 Å². The predicted molar refractivity (Wildman–Crippen MR) is 66.5 cm³/mol. The maximum atomic E-state index is 11.0. The second-order valence-corrected chi connectivity index (χ2v) is 3.52. The number of carbonyl (C=O) groups excluding carboxylic acids is 1. The molecule has 1 heterocycles. The van der Waals surface area contributed by atoms with E-state index in [0.717, 1.165) is 0 Å². The molecule has 2 N–H and O–H groups in total. The minimum Gasteiger partial charge on any atom is -0.457 e. The van der Waals surface area contributed by atoms with Crippen molar-refractivity contribution in [3.05, 3.63) is 48.8 Å². The van der Waals surface area contributed by atoms with Crippen LogP contribution in [0.1, 0.15) is 0 Å². The van der Waals surface area contributed by atoms with Crippen molar-refractivity contribution in [2.45, 2.75) is 0 Å². The highest BCUT2D eigenvalue weighted by atomic mass is 16.5. The highest BCUT2D eigenvalue weighted by Crippen LogP contribution is 2.23. The Labute approximate surface area is 104 Å². The molecule has 0 saturated carbocycles. The standard InChI is InChI=1S/C13H12N2O3/c16-9-13(17)15-10-2-1-3-12(8-10)18-11-4-6-14-7-5-11/h1-8,16H,9H2,(H,15,17). The lowest BCUT2D eigenvalue weighted by Gasteiger charge is -2.07. The molecule has 0 aliphatic heterocycles. The molecule has 5 nitrogen and oxygen atoms in total. The Morgan fingerprint density at radius 1 is 1.22 bits per heavy atom. The number of ether oxygens (including phenoxy) is 1. The van der Waals surface area contributed by atoms with Crippen LogP contribution in [0, 0.1) is 0 Å². The molecule has 0 spiro atoms. The Kier molecular flexibility index (Phi) is 3.88. The molecule has 1 aromatic heterocycles. The van der Waals surface area contributed by atoms with Gasteiger partial charge < -0.3 is 15.2 Å². The first kappa shape index (κ1) is 12.1. The van der Waals surface area contributed by atoms with Gasteiger partial charge in [-0.25, -0.2) is 0 Å². The van der Waals surface area contributed by atoms with Gasteiger partial charge in [0.25, 0.3) is 0 Å². The molecule has 0 unspecified atom stereocenters. The SMILES string of the molecule is O=C(CO)Nc1cccc(Oc2ccncc2)c1. The number of amides is 1. The van der Waals surface area contributed by atoms with Gasteiger partial charge >= 0.3 is 0 Å². The predicted octanol–water partition coefficient (Wildman–Crippen LogP) is 1.80. The Morgan fingerprint density at radius 3 is 2.72 bits per heavy atom. The van der Waals surface area contributed by atoms with Gasteiger partial charge in [0.05, 0.1) is 0 Å². The summed E-state index contributed by atoms with van der Waals surface area (Å²) in [5.41, 5.74) is 0.570. The Bertz CT molecular complexity index is 529. The van der Waals surface area contributed by atoms with Crippen molar-refractivity contribution in [3.8, 4) is 11.5 Å². The van der Waals surface area contributed by atoms with Crippen molar-refractivity contribution in [2.24, 2.45) is 0 Å². The number of benzene rings is 1. The van der Waals surface area contributed by atoms with Crippen molar-refractivity contribution in [1.82, 2.24) is 4.98 Å². The highest BCUT2D eigenvalue weighted by molar-refractivity contribution is 5.91. The van der Waals surface area contributed by atoms with Crippen molar-refractivity contribution >= 4 is 11.6 Å². The highest BCUT2D eigenvalue weighted by Gasteiger charge is 2.02. The smallest absolute Gasteiger partial charge is 0.250 e. The molecule has 2 rings (SSSR count). The molecule has 0 aliphatic carbocycles. The summed E-state index contributed by atoms with van der Waals surface area (Å²) < 4.78 is 5.58. The van der Waals surface area contributed by atoms with E-state index in [4.69, 9.17) is 9.84 Å². The van der Waals surface area contributed by atoms with Crippen LogP contribution in [-0.4, -0.2) is 22.6 Å². The molecule has 0 fully saturated rings. The van der Waals surface area contributed by atoms with Gasteiger partial charge in [0, 0.05) is 24.1 Å². The van der Waals surface area contributed by atoms with E-state index < -0.39 is 12.5 Å². The first-order valence-electron chi connectivity index (χ1n) is 5.36. The summed E-state index contributed by atoms with van der Waals surface area (Å²) in [5.74, 6) is 0.795. The number of anilines is 1. The number of aromatic nitrogens is 1. The van der Waals surface area contributed by atoms with Crippen LogP contribution in [0.2, 0.25) is 0 Å². The summed E-state index contributed by atoms with van der Waals surface area (Å²) in [5, 5.41) is 11.2. The quantitative estimate of drug-likeness (QED) is 0.860. The van der Waals surface area contributed by atoms with Crippen LogP contribution >= 0.6 is 0 Å². The van der Waals surface area contributed by atoms with Gasteiger partial charge in [-0.2, -0.15) is 0 Å². The number of nitrogens with one attached hydrogen (secondary N) is 1. The van der Waals surface area contributed by atoms with E-state index in [1.807, 2.05) is 0 Å². The summed E-state index contributed by atoms with van der Waals surface area (Å²) in [4.78, 5) is 14.9. The van der Waals surface area contributed by atoms with Crippen LogP contribution in [0.5, 0.6) is 11.5 Å². The Morgan fingerprint density at radius 2 is 2.00 bits per heavy atom. The van der Waals surface area contributed by atoms with Gasteiger partial charge in [-0.15, -0.1) is 0 Å². The molecule has 92 valence electrons. The monoisotopic (exact) mass is 244 g/mol. The molecule has 18 heavy (non-hydrogen) atoms. The zero-order valence-electron chi connectivity index (χ0n) is 9.54. The molecule has 5 heteroatoms. The van der Waals surface area contributed by atoms with Gasteiger partial charge in [-0.1, -0.05) is 6.07 Å². The van der Waals surface area contributed by atoms with Crippen molar-refractivity contribution in [3.63, 3.8) is 0 Å². The van der Waals surface area contributed by atoms with Crippen LogP contribution in [-0.2, 0) is 4.79 Å². The summed E-state index contributed by atoms with van der Waals surface area (Å²) in [7, 11) is 0. The van der Waals surface area contributed by atoms with Crippen LogP contribution in [0.15, 0.2) is 48.8 Å². The number of nitrogens with zero attached hydrogens (tertiary/aromatic N) is 1. The second kappa shape index (κ2) is 5.79. The van der Waals surface area contributed by atoms with E-state index in [2.05, 4.69) is 10.3 Å². The van der Waals surface area contributed by atoms with E-state index in [-0.39, 0.29) is 0 Å². The van der Waals surface area contributed by atoms with Crippen molar-refractivity contribution in [2.75, 3.05) is 11.9 Å². The third kappa shape index (κ3) is 3.29. The third-order valence-corrected chi connectivity index (χ3v) is 2.15. The van der Waals surface area contributed by atoms with E-state index in [0.29, 0.717) is 17.2 Å². The van der Waals surface area contributed by atoms with Gasteiger partial charge in [0.2, 0.25) is 5.91 Å². The molecule has 0 aliphatic rings. The van der Waals surface area contributed by atoms with E-state index in [9.17, 15) is 4.79 Å². The first-order valence-corrected chi connectivity index (χ1v) is 5.36. The minimum absolute atomic E-state index is 0.462. The largest absolute Gasteiger partial charge is 0.457 e. The fourth-order valence-electron chi connectivity index (χ4n) is 1.38. The average molecular weight is 244 g/mol. The molecular weight excluding hydrogens is 232 g/mol. The average Bonchev–Trinajstić information content (AvgIpc) is 2.40. The maximum Gasteiger partial charge on any atom is 0.250 e. The fraction of sp³-hybridized carbons (Fsp3) is 0.0769. The Balaban J connectivity index is 2.10. The van der Waals surface area contributed by atoms with Crippen LogP contribution in [0.4, 0.5) is 5.69 Å². The molecule has 1 aromatic carbocycles. The third-order valence-electron chi connectivity index (χ3n) is 2.15. The number of aliphatic hydroxyl groups is 1. The molecule has 1 amide bonds. The van der Waals surface area contributed by atoms with Crippen molar-refractivity contribution in [1.29, 1.82) is 0 Å². The normalized spacial score (nSPS) is 9.83. The molecule has 0 saturated heterocycles. The zero-order valence-corrected chi connectivity index (χ0v) is 9.54. The molecular formula is C13H12N2O3. The van der Waals surface area contributed by atoms with E-state index in [1.165, 1.54) is 0 Å². The van der Waals surface area contributed by atoms with Crippen LogP contribution in [0.3, 0.4) is 0 Å². The lowest BCUT2D eigenvalue weighted by atomic mass is 10.3. The van der Waals surface area contributed by atoms with Crippen molar-refractivity contribution < 1.29 is 14.6 Å². The number of carbonyl (C=O) groups is 1. The van der Waals surface area contributed by atoms with Gasteiger partial charge in [-0.05, 0) is 24.3 Å². The minimum atomic E-state index is -0.546. The van der Waals surface area contributed by atoms with Gasteiger partial charge in [-0.3, -0.25) is 9.78 Å². The van der Waals surface area contributed by atoms with Crippen LogP contribution in [0.25, 0.3) is 0 Å². The molecule has 0 radical (unpaired) electrons. The zero-order chi connectivity index (χ0) is 12.8. The number of hydrogen-bond acceptors (Lipinski definition) is 4. The topological polar surface area (TPSA) is 71.5 Å². The number of hydrogen-bond donors (Lipinski definition) is 2. The summed E-state index contributed by atoms with van der Waals surface area (Å²) >= 11 is 0. The van der Waals surface area contributed by atoms with Gasteiger partial charge in [0.15, 0.2) is 0 Å². The number of aliphatic hydroxyl groups excluding tert-OH is 1. The van der Waals surface area contributed by atoms with Crippen LogP contribution < -0.4 is 10.1 Å². The molecule has 0 bridgehead atoms. The molecule has 0 atom stereocenters.